The van der Waals surface area contributed by atoms with Gasteiger partial charge in [0.15, 0.2) is 18.1 Å². The summed E-state index contributed by atoms with van der Waals surface area (Å²) in [6, 6.07) is 8.56. The second kappa shape index (κ2) is 8.05. The molecule has 0 bridgehead atoms. The monoisotopic (exact) mass is 376 g/mol. The molecule has 1 aliphatic rings. The average molecular weight is 377 g/mol. The quantitative estimate of drug-likeness (QED) is 0.588. The summed E-state index contributed by atoms with van der Waals surface area (Å²) in [7, 11) is 1.63. The molecule has 1 aromatic carbocycles. The van der Waals surface area contributed by atoms with Crippen LogP contribution >= 0.6 is 11.6 Å². The summed E-state index contributed by atoms with van der Waals surface area (Å²) in [5.74, 6) is 0.320. The van der Waals surface area contributed by atoms with E-state index in [0.717, 1.165) is 5.56 Å². The van der Waals surface area contributed by atoms with E-state index in [4.69, 9.17) is 25.8 Å². The van der Waals surface area contributed by atoms with Gasteiger partial charge in [-0.1, -0.05) is 17.7 Å². The molecule has 136 valence electrons. The van der Waals surface area contributed by atoms with E-state index in [1.165, 1.54) is 17.2 Å². The Balaban J connectivity index is 1.55. The van der Waals surface area contributed by atoms with E-state index in [2.05, 4.69) is 4.98 Å². The number of carbonyl (C=O) groups is 2. The average Bonchev–Trinajstić information content (AvgIpc) is 2.66. The van der Waals surface area contributed by atoms with E-state index >= 15 is 0 Å². The minimum absolute atomic E-state index is 0.0366. The molecule has 0 atom stereocenters. The Morgan fingerprint density at radius 1 is 1.23 bits per heavy atom. The largest absolute Gasteiger partial charge is 0.486 e. The molecule has 0 saturated carbocycles. The Kier molecular flexibility index (Phi) is 5.58. The maximum absolute atomic E-state index is 12.2. The highest BCUT2D eigenvalue weighted by Crippen LogP contribution is 2.31. The third-order valence-electron chi connectivity index (χ3n) is 3.76. The van der Waals surface area contributed by atoms with Crippen molar-refractivity contribution in [3.63, 3.8) is 0 Å². The van der Waals surface area contributed by atoms with Gasteiger partial charge in [-0.2, -0.15) is 0 Å². The maximum Gasteiger partial charge on any atom is 0.341 e. The first kappa shape index (κ1) is 18.0. The zero-order chi connectivity index (χ0) is 18.5. The summed E-state index contributed by atoms with van der Waals surface area (Å²) in [6.45, 7) is 0.987. The fraction of sp³-hybridized carbons (Fsp3) is 0.278. The van der Waals surface area contributed by atoms with Crippen LogP contribution in [-0.2, 0) is 16.1 Å². The van der Waals surface area contributed by atoms with Crippen LogP contribution in [0.1, 0.15) is 15.9 Å². The Labute approximate surface area is 155 Å². The number of amides is 1. The van der Waals surface area contributed by atoms with Gasteiger partial charge in [0.2, 0.25) is 0 Å². The summed E-state index contributed by atoms with van der Waals surface area (Å²) < 4.78 is 16.0. The smallest absolute Gasteiger partial charge is 0.341 e. The van der Waals surface area contributed by atoms with E-state index in [1.54, 1.807) is 13.1 Å². The SMILES string of the molecule is CN(Cc1ccc2c(c1)OCCO2)C(=O)COC(=O)c1cccnc1Cl. The van der Waals surface area contributed by atoms with Gasteiger partial charge >= 0.3 is 5.97 Å². The molecule has 0 saturated heterocycles. The lowest BCUT2D eigenvalue weighted by atomic mass is 10.2. The second-order valence-electron chi connectivity index (χ2n) is 5.65. The van der Waals surface area contributed by atoms with Crippen LogP contribution in [-0.4, -0.2) is 48.6 Å². The topological polar surface area (TPSA) is 78.0 Å². The molecule has 1 amide bonds. The molecule has 0 aliphatic carbocycles. The number of likely N-dealkylation sites (N-methyl/N-ethyl adjacent to an activating group) is 1. The van der Waals surface area contributed by atoms with Crippen LogP contribution in [0.15, 0.2) is 36.5 Å². The molecule has 0 fully saturated rings. The number of hydrogen-bond acceptors (Lipinski definition) is 6. The zero-order valence-corrected chi connectivity index (χ0v) is 14.9. The van der Waals surface area contributed by atoms with Crippen molar-refractivity contribution in [2.45, 2.75) is 6.54 Å². The van der Waals surface area contributed by atoms with Crippen molar-refractivity contribution in [2.75, 3.05) is 26.9 Å². The first-order valence-electron chi connectivity index (χ1n) is 7.94. The number of ether oxygens (including phenoxy) is 3. The van der Waals surface area contributed by atoms with Crippen LogP contribution in [0.4, 0.5) is 0 Å². The van der Waals surface area contributed by atoms with Gasteiger partial charge in [-0.15, -0.1) is 0 Å². The molecule has 0 unspecified atom stereocenters. The predicted octanol–water partition coefficient (Wildman–Crippen LogP) is 2.32. The highest BCUT2D eigenvalue weighted by atomic mass is 35.5. The fourth-order valence-corrected chi connectivity index (χ4v) is 2.60. The molecule has 2 aromatic rings. The van der Waals surface area contributed by atoms with Crippen LogP contribution in [0.5, 0.6) is 11.5 Å². The number of benzene rings is 1. The minimum atomic E-state index is -0.691. The summed E-state index contributed by atoms with van der Waals surface area (Å²) in [6.07, 6.45) is 1.46. The lowest BCUT2D eigenvalue weighted by Gasteiger charge is -2.21. The standard InChI is InChI=1S/C18H17ClN2O5/c1-21(10-12-4-5-14-15(9-12)25-8-7-24-14)16(22)11-26-18(23)13-3-2-6-20-17(13)19/h2-6,9H,7-8,10-11H2,1H3. The third-order valence-corrected chi connectivity index (χ3v) is 4.06. The molecule has 0 N–H and O–H groups in total. The lowest BCUT2D eigenvalue weighted by Crippen LogP contribution is -2.31. The van der Waals surface area contributed by atoms with E-state index in [1.807, 2.05) is 18.2 Å². The molecular formula is C18H17ClN2O5. The highest BCUT2D eigenvalue weighted by Gasteiger charge is 2.17. The van der Waals surface area contributed by atoms with E-state index in [-0.39, 0.29) is 23.2 Å². The second-order valence-corrected chi connectivity index (χ2v) is 6.00. The number of pyridine rings is 1. The van der Waals surface area contributed by atoms with Gasteiger partial charge < -0.3 is 19.1 Å². The number of esters is 1. The van der Waals surface area contributed by atoms with Gasteiger partial charge in [0, 0.05) is 19.8 Å². The Bertz CT molecular complexity index is 827. The van der Waals surface area contributed by atoms with Crippen LogP contribution in [0.3, 0.4) is 0 Å². The van der Waals surface area contributed by atoms with Gasteiger partial charge in [0.05, 0.1) is 5.56 Å². The van der Waals surface area contributed by atoms with Crippen molar-refractivity contribution in [1.29, 1.82) is 0 Å². The molecule has 1 aromatic heterocycles. The Hall–Kier alpha value is -2.80. The van der Waals surface area contributed by atoms with Gasteiger partial charge in [0.25, 0.3) is 5.91 Å². The number of aromatic nitrogens is 1. The van der Waals surface area contributed by atoms with Gasteiger partial charge in [0.1, 0.15) is 18.4 Å². The first-order valence-corrected chi connectivity index (χ1v) is 8.32. The van der Waals surface area contributed by atoms with Gasteiger partial charge in [-0.05, 0) is 29.8 Å². The van der Waals surface area contributed by atoms with Gasteiger partial charge in [-0.25, -0.2) is 9.78 Å². The molecule has 2 heterocycles. The summed E-state index contributed by atoms with van der Waals surface area (Å²) in [5, 5.41) is 0.0366. The van der Waals surface area contributed by atoms with Crippen molar-refractivity contribution >= 4 is 23.5 Å². The van der Waals surface area contributed by atoms with Crippen molar-refractivity contribution in [3.05, 3.63) is 52.8 Å². The number of rotatable bonds is 5. The summed E-state index contributed by atoms with van der Waals surface area (Å²) in [5.41, 5.74) is 1.00. The Morgan fingerprint density at radius 2 is 2.00 bits per heavy atom. The molecule has 0 spiro atoms. The summed E-state index contributed by atoms with van der Waals surface area (Å²) in [4.78, 5) is 29.4. The van der Waals surface area contributed by atoms with E-state index < -0.39 is 5.97 Å². The maximum atomic E-state index is 12.2. The third kappa shape index (κ3) is 4.23. The molecular weight excluding hydrogens is 360 g/mol. The summed E-state index contributed by atoms with van der Waals surface area (Å²) >= 11 is 5.83. The zero-order valence-electron chi connectivity index (χ0n) is 14.1. The number of fused-ring (bicyclic) bond motifs is 1. The molecule has 1 aliphatic heterocycles. The fourth-order valence-electron chi connectivity index (χ4n) is 2.40. The van der Waals surface area contributed by atoms with Crippen LogP contribution in [0.25, 0.3) is 0 Å². The number of halogens is 1. The number of hydrogen-bond donors (Lipinski definition) is 0. The predicted molar refractivity (Wildman–Crippen MR) is 93.4 cm³/mol. The van der Waals surface area contributed by atoms with Crippen LogP contribution in [0.2, 0.25) is 5.15 Å². The van der Waals surface area contributed by atoms with E-state index in [0.29, 0.717) is 31.3 Å². The molecule has 26 heavy (non-hydrogen) atoms. The normalized spacial score (nSPS) is 12.4. The van der Waals surface area contributed by atoms with Gasteiger partial charge in [-0.3, -0.25) is 4.79 Å². The number of carbonyl (C=O) groups excluding carboxylic acids is 2. The molecule has 3 rings (SSSR count). The van der Waals surface area contributed by atoms with Crippen molar-refractivity contribution in [1.82, 2.24) is 9.88 Å². The lowest BCUT2D eigenvalue weighted by molar-refractivity contribution is -0.133. The Morgan fingerprint density at radius 3 is 2.77 bits per heavy atom. The molecule has 7 nitrogen and oxygen atoms in total. The van der Waals surface area contributed by atoms with Crippen molar-refractivity contribution in [2.24, 2.45) is 0 Å². The first-order chi connectivity index (χ1) is 12.5. The van der Waals surface area contributed by atoms with Crippen LogP contribution in [0, 0.1) is 0 Å². The number of nitrogens with zero attached hydrogens (tertiary/aromatic N) is 2. The van der Waals surface area contributed by atoms with Crippen LogP contribution < -0.4 is 9.47 Å². The van der Waals surface area contributed by atoms with Crippen molar-refractivity contribution < 1.29 is 23.8 Å². The molecule has 8 heteroatoms. The van der Waals surface area contributed by atoms with Crippen molar-refractivity contribution in [3.8, 4) is 11.5 Å². The molecule has 0 radical (unpaired) electrons. The van der Waals surface area contributed by atoms with E-state index in [9.17, 15) is 9.59 Å². The minimum Gasteiger partial charge on any atom is -0.486 e. The highest BCUT2D eigenvalue weighted by molar-refractivity contribution is 6.32.